The average molecular weight is 213 g/mol. The van der Waals surface area contributed by atoms with E-state index in [2.05, 4.69) is 11.9 Å². The summed E-state index contributed by atoms with van der Waals surface area (Å²) >= 11 is 6.02. The van der Waals surface area contributed by atoms with Gasteiger partial charge in [0.2, 0.25) is 0 Å². The molecule has 1 rings (SSSR count). The van der Waals surface area contributed by atoms with Crippen LogP contribution in [0.4, 0.5) is 0 Å². The highest BCUT2D eigenvalue weighted by molar-refractivity contribution is 6.13. The van der Waals surface area contributed by atoms with Crippen LogP contribution in [0.2, 0.25) is 0 Å². The smallest absolute Gasteiger partial charge is 0.0416 e. The summed E-state index contributed by atoms with van der Waals surface area (Å²) < 4.78 is 1.85. The molecule has 0 saturated heterocycles. The second-order valence-corrected chi connectivity index (χ2v) is 3.81. The maximum atomic E-state index is 6.02. The van der Waals surface area contributed by atoms with Crippen LogP contribution in [0, 0.1) is 0 Å². The van der Waals surface area contributed by atoms with E-state index in [4.69, 9.17) is 11.8 Å². The number of halogens is 1. The molecule has 0 saturated carbocycles. The van der Waals surface area contributed by atoms with Crippen molar-refractivity contribution in [3.05, 3.63) is 30.1 Å². The standard InChI is InChI=1S/C11H17ClN2/c1-2-3-9-14(12)10-7-11-6-4-5-8-13-11/h4-6,8H,2-3,7,9-10H2,1H3. The van der Waals surface area contributed by atoms with Gasteiger partial charge in [-0.2, -0.15) is 0 Å². The molecule has 0 atom stereocenters. The summed E-state index contributed by atoms with van der Waals surface area (Å²) in [5.74, 6) is 0. The lowest BCUT2D eigenvalue weighted by atomic mass is 10.2. The fourth-order valence-corrected chi connectivity index (χ4v) is 1.43. The summed E-state index contributed by atoms with van der Waals surface area (Å²) in [5, 5.41) is 0. The minimum atomic E-state index is 0.874. The van der Waals surface area contributed by atoms with E-state index in [1.165, 1.54) is 6.42 Å². The zero-order valence-electron chi connectivity index (χ0n) is 8.62. The summed E-state index contributed by atoms with van der Waals surface area (Å²) in [7, 11) is 0. The number of hydrogen-bond donors (Lipinski definition) is 0. The topological polar surface area (TPSA) is 16.1 Å². The first-order valence-electron chi connectivity index (χ1n) is 5.13. The molecule has 78 valence electrons. The van der Waals surface area contributed by atoms with Crippen LogP contribution in [0.5, 0.6) is 0 Å². The number of aromatic nitrogens is 1. The lowest BCUT2D eigenvalue weighted by molar-refractivity contribution is 0.443. The van der Waals surface area contributed by atoms with Crippen LogP contribution in [0.1, 0.15) is 25.5 Å². The molecular weight excluding hydrogens is 196 g/mol. The quantitative estimate of drug-likeness (QED) is 0.675. The van der Waals surface area contributed by atoms with Gasteiger partial charge in [-0.15, -0.1) is 0 Å². The van der Waals surface area contributed by atoms with Crippen molar-refractivity contribution in [3.63, 3.8) is 0 Å². The van der Waals surface area contributed by atoms with Crippen LogP contribution in [0.25, 0.3) is 0 Å². The van der Waals surface area contributed by atoms with Crippen LogP contribution in [0.15, 0.2) is 24.4 Å². The van der Waals surface area contributed by atoms with Gasteiger partial charge in [0.05, 0.1) is 0 Å². The molecular formula is C11H17ClN2. The summed E-state index contributed by atoms with van der Waals surface area (Å²) in [5.41, 5.74) is 1.11. The van der Waals surface area contributed by atoms with Gasteiger partial charge in [0.15, 0.2) is 0 Å². The van der Waals surface area contributed by atoms with Gasteiger partial charge in [0.25, 0.3) is 0 Å². The lowest BCUT2D eigenvalue weighted by Gasteiger charge is -2.11. The van der Waals surface area contributed by atoms with Crippen molar-refractivity contribution in [3.8, 4) is 0 Å². The minimum absolute atomic E-state index is 0.874. The van der Waals surface area contributed by atoms with Gasteiger partial charge in [-0.3, -0.25) is 4.98 Å². The van der Waals surface area contributed by atoms with Crippen LogP contribution >= 0.6 is 11.8 Å². The lowest BCUT2D eigenvalue weighted by Crippen LogP contribution is -2.17. The Morgan fingerprint density at radius 2 is 2.21 bits per heavy atom. The van der Waals surface area contributed by atoms with E-state index in [0.717, 1.165) is 31.6 Å². The monoisotopic (exact) mass is 212 g/mol. The zero-order chi connectivity index (χ0) is 10.2. The molecule has 1 aromatic heterocycles. The molecule has 0 radical (unpaired) electrons. The van der Waals surface area contributed by atoms with Crippen LogP contribution in [-0.2, 0) is 6.42 Å². The Hall–Kier alpha value is -0.600. The maximum Gasteiger partial charge on any atom is 0.0416 e. The van der Waals surface area contributed by atoms with Crippen molar-refractivity contribution >= 4 is 11.8 Å². The van der Waals surface area contributed by atoms with Gasteiger partial charge in [0.1, 0.15) is 0 Å². The molecule has 0 bridgehead atoms. The van der Waals surface area contributed by atoms with Gasteiger partial charge in [0, 0.05) is 31.4 Å². The highest BCUT2D eigenvalue weighted by Crippen LogP contribution is 2.02. The van der Waals surface area contributed by atoms with Gasteiger partial charge < -0.3 is 0 Å². The summed E-state index contributed by atoms with van der Waals surface area (Å²) in [6.45, 7) is 4.01. The molecule has 0 unspecified atom stereocenters. The number of unbranched alkanes of at least 4 members (excludes halogenated alkanes) is 1. The largest absolute Gasteiger partial charge is 0.261 e. The molecule has 0 aliphatic carbocycles. The summed E-state index contributed by atoms with van der Waals surface area (Å²) in [6.07, 6.45) is 5.09. The highest BCUT2D eigenvalue weighted by Gasteiger charge is 2.00. The third-order valence-electron chi connectivity index (χ3n) is 2.09. The van der Waals surface area contributed by atoms with E-state index in [9.17, 15) is 0 Å². The Labute approximate surface area is 91.0 Å². The molecule has 0 amide bonds. The number of pyridine rings is 1. The van der Waals surface area contributed by atoms with E-state index in [1.807, 2.05) is 28.8 Å². The van der Waals surface area contributed by atoms with Crippen molar-refractivity contribution < 1.29 is 0 Å². The molecule has 0 N–H and O–H groups in total. The molecule has 0 aliphatic rings. The molecule has 0 aliphatic heterocycles. The summed E-state index contributed by atoms with van der Waals surface area (Å²) in [4.78, 5) is 4.25. The third kappa shape index (κ3) is 4.58. The molecule has 0 aromatic carbocycles. The molecule has 0 fully saturated rings. The molecule has 2 nitrogen and oxygen atoms in total. The fraction of sp³-hybridized carbons (Fsp3) is 0.545. The van der Waals surface area contributed by atoms with Crippen LogP contribution < -0.4 is 0 Å². The Balaban J connectivity index is 2.20. The van der Waals surface area contributed by atoms with Crippen molar-refractivity contribution in [2.75, 3.05) is 13.1 Å². The van der Waals surface area contributed by atoms with Gasteiger partial charge in [-0.25, -0.2) is 4.42 Å². The second-order valence-electron chi connectivity index (χ2n) is 3.33. The Morgan fingerprint density at radius 3 is 2.86 bits per heavy atom. The normalized spacial score (nSPS) is 10.8. The van der Waals surface area contributed by atoms with Gasteiger partial charge >= 0.3 is 0 Å². The van der Waals surface area contributed by atoms with Gasteiger partial charge in [-0.05, 0) is 30.3 Å². The Kier molecular flexibility index (Phi) is 5.57. The van der Waals surface area contributed by atoms with E-state index < -0.39 is 0 Å². The zero-order valence-corrected chi connectivity index (χ0v) is 9.37. The van der Waals surface area contributed by atoms with Crippen molar-refractivity contribution in [1.29, 1.82) is 0 Å². The predicted octanol–water partition coefficient (Wildman–Crippen LogP) is 2.88. The van der Waals surface area contributed by atoms with Crippen molar-refractivity contribution in [1.82, 2.24) is 9.40 Å². The van der Waals surface area contributed by atoms with E-state index in [-0.39, 0.29) is 0 Å². The van der Waals surface area contributed by atoms with Crippen LogP contribution in [0.3, 0.4) is 0 Å². The predicted molar refractivity (Wildman–Crippen MR) is 60.3 cm³/mol. The first-order valence-corrected chi connectivity index (χ1v) is 5.47. The number of hydrogen-bond acceptors (Lipinski definition) is 2. The first-order chi connectivity index (χ1) is 6.83. The van der Waals surface area contributed by atoms with Crippen LogP contribution in [-0.4, -0.2) is 22.5 Å². The molecule has 1 aromatic rings. The SMILES string of the molecule is CCCCN(Cl)CCc1ccccn1. The van der Waals surface area contributed by atoms with E-state index in [0.29, 0.717) is 0 Å². The Bertz CT molecular complexity index is 238. The number of rotatable bonds is 6. The van der Waals surface area contributed by atoms with Gasteiger partial charge in [-0.1, -0.05) is 19.4 Å². The van der Waals surface area contributed by atoms with Crippen molar-refractivity contribution in [2.24, 2.45) is 0 Å². The second kappa shape index (κ2) is 6.80. The first kappa shape index (κ1) is 11.5. The summed E-state index contributed by atoms with van der Waals surface area (Å²) in [6, 6.07) is 5.97. The fourth-order valence-electron chi connectivity index (χ4n) is 1.22. The highest BCUT2D eigenvalue weighted by atomic mass is 35.5. The van der Waals surface area contributed by atoms with E-state index in [1.54, 1.807) is 0 Å². The molecule has 0 spiro atoms. The number of nitrogens with zero attached hydrogens (tertiary/aromatic N) is 2. The third-order valence-corrected chi connectivity index (χ3v) is 2.43. The minimum Gasteiger partial charge on any atom is -0.261 e. The maximum absolute atomic E-state index is 6.02. The average Bonchev–Trinajstić information content (AvgIpc) is 2.25. The Morgan fingerprint density at radius 1 is 1.36 bits per heavy atom. The molecule has 14 heavy (non-hydrogen) atoms. The molecule has 1 heterocycles. The van der Waals surface area contributed by atoms with E-state index >= 15 is 0 Å². The van der Waals surface area contributed by atoms with Crippen molar-refractivity contribution in [2.45, 2.75) is 26.2 Å². The molecule has 3 heteroatoms.